The lowest BCUT2D eigenvalue weighted by molar-refractivity contribution is 0.399. The van der Waals surface area contributed by atoms with Gasteiger partial charge in [0.2, 0.25) is 5.95 Å². The Morgan fingerprint density at radius 2 is 1.54 bits per heavy atom. The van der Waals surface area contributed by atoms with Gasteiger partial charge in [0.1, 0.15) is 11.5 Å². The second-order valence-corrected chi connectivity index (χ2v) is 10.5. The SMILES string of the molecule is Cc1nc(N2CCC(Cc3ccccc3)CC2)n2nc(-c3ccccc3Cl)c(-c3ccc(Cl)cc3)c2n1. The lowest BCUT2D eigenvalue weighted by atomic mass is 9.90. The predicted octanol–water partition coefficient (Wildman–Crippen LogP) is 7.53. The molecule has 0 N–H and O–H groups in total. The number of rotatable bonds is 5. The summed E-state index contributed by atoms with van der Waals surface area (Å²) in [4.78, 5) is 12.1. The number of aromatic nitrogens is 4. The average molecular weight is 528 g/mol. The Kier molecular flexibility index (Phi) is 6.58. The first-order valence-corrected chi connectivity index (χ1v) is 13.4. The van der Waals surface area contributed by atoms with Crippen LogP contribution in [0.1, 0.15) is 24.2 Å². The van der Waals surface area contributed by atoms with E-state index in [0.717, 1.165) is 72.2 Å². The quantitative estimate of drug-likeness (QED) is 0.237. The highest BCUT2D eigenvalue weighted by molar-refractivity contribution is 6.33. The number of nitrogens with zero attached hydrogens (tertiary/aromatic N) is 5. The van der Waals surface area contributed by atoms with Crippen molar-refractivity contribution in [2.75, 3.05) is 18.0 Å². The van der Waals surface area contributed by atoms with Crippen molar-refractivity contribution in [3.05, 3.63) is 100 Å². The van der Waals surface area contributed by atoms with Crippen molar-refractivity contribution in [1.29, 1.82) is 0 Å². The van der Waals surface area contributed by atoms with Crippen molar-refractivity contribution >= 4 is 34.8 Å². The van der Waals surface area contributed by atoms with Crippen LogP contribution >= 0.6 is 23.2 Å². The highest BCUT2D eigenvalue weighted by atomic mass is 35.5. The van der Waals surface area contributed by atoms with Crippen LogP contribution in [0.5, 0.6) is 0 Å². The van der Waals surface area contributed by atoms with Gasteiger partial charge in [0.15, 0.2) is 5.65 Å². The number of benzene rings is 3. The van der Waals surface area contributed by atoms with Gasteiger partial charge >= 0.3 is 0 Å². The molecular formula is C30H27Cl2N5. The fraction of sp³-hybridized carbons (Fsp3) is 0.233. The number of hydrogen-bond acceptors (Lipinski definition) is 4. The summed E-state index contributed by atoms with van der Waals surface area (Å²) in [6, 6.07) is 26.4. The molecule has 7 heteroatoms. The molecule has 37 heavy (non-hydrogen) atoms. The molecule has 3 aromatic carbocycles. The van der Waals surface area contributed by atoms with Crippen LogP contribution in [0.4, 0.5) is 5.95 Å². The van der Waals surface area contributed by atoms with Crippen LogP contribution in [0.25, 0.3) is 28.0 Å². The van der Waals surface area contributed by atoms with Gasteiger partial charge in [0.25, 0.3) is 0 Å². The molecule has 1 saturated heterocycles. The van der Waals surface area contributed by atoms with Crippen molar-refractivity contribution < 1.29 is 0 Å². The van der Waals surface area contributed by atoms with Gasteiger partial charge in [0.05, 0.1) is 10.6 Å². The highest BCUT2D eigenvalue weighted by Crippen LogP contribution is 2.39. The Hall–Kier alpha value is -3.41. The van der Waals surface area contributed by atoms with Gasteiger partial charge in [-0.15, -0.1) is 0 Å². The number of anilines is 1. The average Bonchev–Trinajstić information content (AvgIpc) is 3.29. The van der Waals surface area contributed by atoms with Crippen molar-refractivity contribution in [3.63, 3.8) is 0 Å². The molecule has 186 valence electrons. The summed E-state index contributed by atoms with van der Waals surface area (Å²) in [6.07, 6.45) is 3.34. The summed E-state index contributed by atoms with van der Waals surface area (Å²) in [7, 11) is 0. The van der Waals surface area contributed by atoms with Gasteiger partial charge in [-0.25, -0.2) is 4.98 Å². The number of fused-ring (bicyclic) bond motifs is 1. The van der Waals surface area contributed by atoms with Crippen molar-refractivity contribution in [1.82, 2.24) is 19.6 Å². The highest BCUT2D eigenvalue weighted by Gasteiger charge is 2.26. The van der Waals surface area contributed by atoms with E-state index in [1.807, 2.05) is 60.0 Å². The molecule has 1 aliphatic rings. The molecule has 5 aromatic rings. The zero-order valence-corrected chi connectivity index (χ0v) is 22.1. The second-order valence-electron chi connectivity index (χ2n) is 9.64. The number of aryl methyl sites for hydroxylation is 1. The largest absolute Gasteiger partial charge is 0.341 e. The first-order valence-electron chi connectivity index (χ1n) is 12.6. The Morgan fingerprint density at radius 3 is 2.27 bits per heavy atom. The number of halogens is 2. The summed E-state index contributed by atoms with van der Waals surface area (Å²) in [5.74, 6) is 2.21. The van der Waals surface area contributed by atoms with Crippen molar-refractivity contribution in [2.45, 2.75) is 26.2 Å². The molecule has 0 amide bonds. The maximum absolute atomic E-state index is 6.66. The predicted molar refractivity (Wildman–Crippen MR) is 151 cm³/mol. The molecule has 1 aliphatic heterocycles. The summed E-state index contributed by atoms with van der Waals surface area (Å²) in [6.45, 7) is 3.81. The molecule has 0 atom stereocenters. The van der Waals surface area contributed by atoms with E-state index in [0.29, 0.717) is 16.0 Å². The maximum Gasteiger partial charge on any atom is 0.230 e. The number of hydrogen-bond donors (Lipinski definition) is 0. The molecule has 0 saturated carbocycles. The van der Waals surface area contributed by atoms with Crippen molar-refractivity contribution in [3.8, 4) is 22.4 Å². The summed E-state index contributed by atoms with van der Waals surface area (Å²) >= 11 is 12.9. The van der Waals surface area contributed by atoms with E-state index in [1.54, 1.807) is 0 Å². The third-order valence-corrected chi connectivity index (χ3v) is 7.69. The molecular weight excluding hydrogens is 501 g/mol. The van der Waals surface area contributed by atoms with Gasteiger partial charge in [0, 0.05) is 23.7 Å². The van der Waals surface area contributed by atoms with E-state index in [2.05, 4.69) is 35.2 Å². The third kappa shape index (κ3) is 4.81. The molecule has 0 bridgehead atoms. The van der Waals surface area contributed by atoms with E-state index in [9.17, 15) is 0 Å². The van der Waals surface area contributed by atoms with Gasteiger partial charge in [-0.2, -0.15) is 14.6 Å². The molecule has 6 rings (SSSR count). The molecule has 1 fully saturated rings. The standard InChI is InChI=1S/C30H27Cl2N5/c1-20-33-29-27(23-11-13-24(31)14-12-23)28(25-9-5-6-10-26(25)32)35-37(29)30(34-20)36-17-15-22(16-18-36)19-21-7-3-2-4-8-21/h2-14,22H,15-19H2,1H3. The molecule has 2 aromatic heterocycles. The van der Waals surface area contributed by atoms with Crippen LogP contribution in [-0.4, -0.2) is 32.7 Å². The minimum Gasteiger partial charge on any atom is -0.341 e. The van der Waals surface area contributed by atoms with Crippen LogP contribution in [0.2, 0.25) is 10.0 Å². The minimum atomic E-state index is 0.647. The molecule has 5 nitrogen and oxygen atoms in total. The van der Waals surface area contributed by atoms with E-state index in [-0.39, 0.29) is 0 Å². The minimum absolute atomic E-state index is 0.647. The zero-order chi connectivity index (χ0) is 25.4. The molecule has 3 heterocycles. The Bertz CT molecular complexity index is 1540. The topological polar surface area (TPSA) is 46.3 Å². The fourth-order valence-corrected chi connectivity index (χ4v) is 5.59. The lowest BCUT2D eigenvalue weighted by Gasteiger charge is -2.32. The van der Waals surface area contributed by atoms with Gasteiger partial charge in [-0.3, -0.25) is 0 Å². The first-order chi connectivity index (χ1) is 18.1. The third-order valence-electron chi connectivity index (χ3n) is 7.11. The summed E-state index contributed by atoms with van der Waals surface area (Å²) in [5, 5.41) is 6.41. The van der Waals surface area contributed by atoms with Crippen LogP contribution in [-0.2, 0) is 6.42 Å². The summed E-state index contributed by atoms with van der Waals surface area (Å²) in [5.41, 5.74) is 5.74. The second kappa shape index (κ2) is 10.2. The molecule has 0 unspecified atom stereocenters. The monoisotopic (exact) mass is 527 g/mol. The number of piperidine rings is 1. The van der Waals surface area contributed by atoms with Gasteiger partial charge < -0.3 is 4.90 Å². The van der Waals surface area contributed by atoms with Gasteiger partial charge in [-0.1, -0.05) is 83.9 Å². The maximum atomic E-state index is 6.66. The van der Waals surface area contributed by atoms with E-state index >= 15 is 0 Å². The van der Waals surface area contributed by atoms with Crippen LogP contribution < -0.4 is 4.90 Å². The molecule has 0 aliphatic carbocycles. The Morgan fingerprint density at radius 1 is 0.838 bits per heavy atom. The fourth-order valence-electron chi connectivity index (χ4n) is 5.24. The van der Waals surface area contributed by atoms with Crippen LogP contribution in [0.15, 0.2) is 78.9 Å². The summed E-state index contributed by atoms with van der Waals surface area (Å²) < 4.78 is 1.90. The zero-order valence-electron chi connectivity index (χ0n) is 20.6. The van der Waals surface area contributed by atoms with Crippen molar-refractivity contribution in [2.24, 2.45) is 5.92 Å². The lowest BCUT2D eigenvalue weighted by Crippen LogP contribution is -2.36. The molecule has 0 spiro atoms. The van der Waals surface area contributed by atoms with Gasteiger partial charge in [-0.05, 0) is 61.4 Å². The Balaban J connectivity index is 1.41. The molecule has 0 radical (unpaired) electrons. The Labute approximate surface area is 226 Å². The smallest absolute Gasteiger partial charge is 0.230 e. The van der Waals surface area contributed by atoms with Crippen LogP contribution in [0.3, 0.4) is 0 Å². The van der Waals surface area contributed by atoms with E-state index < -0.39 is 0 Å². The normalized spacial score (nSPS) is 14.4. The van der Waals surface area contributed by atoms with Crippen LogP contribution in [0, 0.1) is 12.8 Å². The van der Waals surface area contributed by atoms with E-state index in [1.165, 1.54) is 5.56 Å². The van der Waals surface area contributed by atoms with E-state index in [4.69, 9.17) is 38.3 Å². The first kappa shape index (κ1) is 24.0.